The van der Waals surface area contributed by atoms with Crippen LogP contribution in [0.4, 0.5) is 11.4 Å². The highest BCUT2D eigenvalue weighted by molar-refractivity contribution is 5.98. The molecule has 27 heavy (non-hydrogen) atoms. The first kappa shape index (κ1) is 19.9. The molecule has 1 amide bonds. The molecule has 0 bridgehead atoms. The van der Waals surface area contributed by atoms with Crippen LogP contribution in [0.1, 0.15) is 17.3 Å². The summed E-state index contributed by atoms with van der Waals surface area (Å²) in [6, 6.07) is 9.45. The molecule has 0 aromatic heterocycles. The molecule has 0 unspecified atom stereocenters. The van der Waals surface area contributed by atoms with E-state index in [1.807, 2.05) is 0 Å². The van der Waals surface area contributed by atoms with E-state index in [1.54, 1.807) is 24.3 Å². The number of amides is 1. The standard InChI is InChI=1S/C19H22N2O6/c1-11(27-19(23)12-5-7-16(25-3)14(20)9-12)18(22)21-15-10-13(24-2)6-8-17(15)26-4/h5-11H,20H2,1-4H3,(H,21,22)/t11-/m1/s1. The van der Waals surface area contributed by atoms with Crippen molar-refractivity contribution in [3.63, 3.8) is 0 Å². The summed E-state index contributed by atoms with van der Waals surface area (Å²) in [7, 11) is 4.47. The van der Waals surface area contributed by atoms with Crippen LogP contribution in [0.25, 0.3) is 0 Å². The minimum absolute atomic E-state index is 0.215. The summed E-state index contributed by atoms with van der Waals surface area (Å²) >= 11 is 0. The van der Waals surface area contributed by atoms with Gasteiger partial charge in [0.05, 0.1) is 38.3 Å². The minimum Gasteiger partial charge on any atom is -0.497 e. The van der Waals surface area contributed by atoms with Gasteiger partial charge in [0, 0.05) is 6.07 Å². The topological polar surface area (TPSA) is 109 Å². The summed E-state index contributed by atoms with van der Waals surface area (Å²) in [6.07, 6.45) is -1.04. The predicted octanol–water partition coefficient (Wildman–Crippen LogP) is 2.48. The molecule has 0 saturated heterocycles. The van der Waals surface area contributed by atoms with Crippen LogP contribution >= 0.6 is 0 Å². The van der Waals surface area contributed by atoms with Gasteiger partial charge in [0.2, 0.25) is 0 Å². The largest absolute Gasteiger partial charge is 0.497 e. The highest BCUT2D eigenvalue weighted by Crippen LogP contribution is 2.29. The number of hydrogen-bond donors (Lipinski definition) is 2. The molecule has 0 saturated carbocycles. The number of anilines is 2. The highest BCUT2D eigenvalue weighted by Gasteiger charge is 2.21. The zero-order valence-electron chi connectivity index (χ0n) is 15.6. The molecule has 0 aliphatic rings. The summed E-state index contributed by atoms with van der Waals surface area (Å²) in [6.45, 7) is 1.47. The van der Waals surface area contributed by atoms with Gasteiger partial charge in [-0.3, -0.25) is 4.79 Å². The van der Waals surface area contributed by atoms with E-state index in [2.05, 4.69) is 5.32 Å². The van der Waals surface area contributed by atoms with Crippen molar-refractivity contribution >= 4 is 23.3 Å². The van der Waals surface area contributed by atoms with Crippen molar-refractivity contribution in [2.75, 3.05) is 32.4 Å². The molecule has 3 N–H and O–H groups in total. The molecule has 0 fully saturated rings. The summed E-state index contributed by atoms with van der Waals surface area (Å²) in [5, 5.41) is 2.66. The Morgan fingerprint density at radius 1 is 0.963 bits per heavy atom. The van der Waals surface area contributed by atoms with Crippen LogP contribution in [0.5, 0.6) is 17.2 Å². The number of nitrogens with one attached hydrogen (secondary N) is 1. The number of carbonyl (C=O) groups excluding carboxylic acids is 2. The number of esters is 1. The third-order valence-electron chi connectivity index (χ3n) is 3.78. The maximum Gasteiger partial charge on any atom is 0.338 e. The van der Waals surface area contributed by atoms with Gasteiger partial charge in [-0.25, -0.2) is 4.79 Å². The monoisotopic (exact) mass is 374 g/mol. The van der Waals surface area contributed by atoms with Gasteiger partial charge < -0.3 is 30.0 Å². The van der Waals surface area contributed by atoms with Gasteiger partial charge in [-0.1, -0.05) is 0 Å². The molecule has 2 rings (SSSR count). The van der Waals surface area contributed by atoms with Crippen molar-refractivity contribution < 1.29 is 28.5 Å². The molecule has 0 aliphatic carbocycles. The smallest absolute Gasteiger partial charge is 0.338 e. The molecule has 1 atom stereocenters. The van der Waals surface area contributed by atoms with Gasteiger partial charge >= 0.3 is 5.97 Å². The number of methoxy groups -OCH3 is 3. The second-order valence-corrected chi connectivity index (χ2v) is 5.56. The fourth-order valence-electron chi connectivity index (χ4n) is 2.29. The van der Waals surface area contributed by atoms with E-state index in [0.717, 1.165) is 0 Å². The highest BCUT2D eigenvalue weighted by atomic mass is 16.5. The lowest BCUT2D eigenvalue weighted by Crippen LogP contribution is -2.30. The van der Waals surface area contributed by atoms with Crippen molar-refractivity contribution in [2.24, 2.45) is 0 Å². The van der Waals surface area contributed by atoms with Gasteiger partial charge in [0.25, 0.3) is 5.91 Å². The molecular formula is C19H22N2O6. The molecule has 0 spiro atoms. The summed E-state index contributed by atoms with van der Waals surface area (Å²) in [5.74, 6) is 0.249. The Morgan fingerprint density at radius 3 is 2.22 bits per heavy atom. The number of hydrogen-bond acceptors (Lipinski definition) is 7. The van der Waals surface area contributed by atoms with Crippen LogP contribution in [-0.4, -0.2) is 39.3 Å². The van der Waals surface area contributed by atoms with Crippen LogP contribution in [0.15, 0.2) is 36.4 Å². The van der Waals surface area contributed by atoms with E-state index in [-0.39, 0.29) is 5.56 Å². The van der Waals surface area contributed by atoms with E-state index >= 15 is 0 Å². The van der Waals surface area contributed by atoms with Crippen molar-refractivity contribution in [1.82, 2.24) is 0 Å². The first-order valence-corrected chi connectivity index (χ1v) is 8.07. The van der Waals surface area contributed by atoms with Crippen LogP contribution in [-0.2, 0) is 9.53 Å². The van der Waals surface area contributed by atoms with Crippen molar-refractivity contribution in [3.05, 3.63) is 42.0 Å². The van der Waals surface area contributed by atoms with Crippen molar-refractivity contribution in [2.45, 2.75) is 13.0 Å². The lowest BCUT2D eigenvalue weighted by atomic mass is 10.2. The Morgan fingerprint density at radius 2 is 1.63 bits per heavy atom. The zero-order chi connectivity index (χ0) is 20.0. The predicted molar refractivity (Wildman–Crippen MR) is 100 cm³/mol. The first-order valence-electron chi connectivity index (χ1n) is 8.07. The van der Waals surface area contributed by atoms with Crippen LogP contribution in [0.3, 0.4) is 0 Å². The lowest BCUT2D eigenvalue weighted by molar-refractivity contribution is -0.123. The SMILES string of the molecule is COc1ccc(OC)c(NC(=O)[C@@H](C)OC(=O)c2ccc(OC)c(N)c2)c1. The number of carbonyl (C=O) groups is 2. The number of nitrogens with two attached hydrogens (primary N) is 1. The lowest BCUT2D eigenvalue weighted by Gasteiger charge is -2.16. The average molecular weight is 374 g/mol. The molecule has 144 valence electrons. The second kappa shape index (κ2) is 8.79. The van der Waals surface area contributed by atoms with Gasteiger partial charge in [-0.05, 0) is 37.3 Å². The summed E-state index contributed by atoms with van der Waals surface area (Å²) < 4.78 is 20.6. The maximum atomic E-state index is 12.4. The number of rotatable bonds is 7. The van der Waals surface area contributed by atoms with Crippen LogP contribution in [0, 0.1) is 0 Å². The Kier molecular flexibility index (Phi) is 6.48. The second-order valence-electron chi connectivity index (χ2n) is 5.56. The van der Waals surface area contributed by atoms with E-state index in [9.17, 15) is 9.59 Å². The molecule has 2 aromatic rings. The molecule has 2 aromatic carbocycles. The number of ether oxygens (including phenoxy) is 4. The van der Waals surface area contributed by atoms with Crippen LogP contribution < -0.4 is 25.3 Å². The Hall–Kier alpha value is -3.42. The van der Waals surface area contributed by atoms with Gasteiger partial charge in [-0.2, -0.15) is 0 Å². The zero-order valence-corrected chi connectivity index (χ0v) is 15.6. The maximum absolute atomic E-state index is 12.4. The molecule has 8 heteroatoms. The molecule has 0 heterocycles. The van der Waals surface area contributed by atoms with E-state index in [1.165, 1.54) is 40.4 Å². The number of nitrogen functional groups attached to an aromatic ring is 1. The summed E-state index contributed by atoms with van der Waals surface area (Å²) in [5.41, 5.74) is 6.70. The van der Waals surface area contributed by atoms with Gasteiger partial charge in [0.15, 0.2) is 6.10 Å². The van der Waals surface area contributed by atoms with Crippen LogP contribution in [0.2, 0.25) is 0 Å². The minimum atomic E-state index is -1.04. The molecular weight excluding hydrogens is 352 g/mol. The molecule has 0 radical (unpaired) electrons. The number of benzene rings is 2. The molecule has 8 nitrogen and oxygen atoms in total. The normalized spacial score (nSPS) is 11.3. The summed E-state index contributed by atoms with van der Waals surface area (Å²) in [4.78, 5) is 24.6. The third kappa shape index (κ3) is 4.81. The fraction of sp³-hybridized carbons (Fsp3) is 0.263. The van der Waals surface area contributed by atoms with Gasteiger partial charge in [0.1, 0.15) is 17.2 Å². The van der Waals surface area contributed by atoms with E-state index < -0.39 is 18.0 Å². The third-order valence-corrected chi connectivity index (χ3v) is 3.78. The van der Waals surface area contributed by atoms with Gasteiger partial charge in [-0.15, -0.1) is 0 Å². The van der Waals surface area contributed by atoms with E-state index in [0.29, 0.717) is 28.6 Å². The fourth-order valence-corrected chi connectivity index (χ4v) is 2.29. The Balaban J connectivity index is 2.07. The van der Waals surface area contributed by atoms with Crippen molar-refractivity contribution in [1.29, 1.82) is 0 Å². The quantitative estimate of drug-likeness (QED) is 0.566. The first-order chi connectivity index (χ1) is 12.9. The van der Waals surface area contributed by atoms with E-state index in [4.69, 9.17) is 24.7 Å². The Labute approximate surface area is 157 Å². The Bertz CT molecular complexity index is 837. The average Bonchev–Trinajstić information content (AvgIpc) is 2.67. The van der Waals surface area contributed by atoms with Crippen molar-refractivity contribution in [3.8, 4) is 17.2 Å². The molecule has 0 aliphatic heterocycles.